The number of amides is 3. The number of fused-ring (bicyclic) bond motifs is 1. The number of nitrogens with zero attached hydrogens (tertiary/aromatic N) is 2. The van der Waals surface area contributed by atoms with Crippen molar-refractivity contribution in [3.63, 3.8) is 0 Å². The quantitative estimate of drug-likeness (QED) is 0.692. The number of hydrogen-bond acceptors (Lipinski definition) is 4. The van der Waals surface area contributed by atoms with Crippen molar-refractivity contribution in [3.8, 4) is 0 Å². The zero-order chi connectivity index (χ0) is 20.5. The standard InChI is InChI=1S/C22H16FN3O3/c1-13-10-16(23)3-5-19(13)25-20(27)15-2-4-17-18(11-15)22(29)26(21(17)28)12-14-6-8-24-9-7-14/h2-11H,12H2,1H3,(H,25,27). The summed E-state index contributed by atoms with van der Waals surface area (Å²) in [4.78, 5) is 43.0. The molecule has 0 unspecified atom stereocenters. The fraction of sp³-hybridized carbons (Fsp3) is 0.0909. The normalized spacial score (nSPS) is 12.8. The van der Waals surface area contributed by atoms with Crippen molar-refractivity contribution >= 4 is 23.4 Å². The molecule has 6 nitrogen and oxygen atoms in total. The van der Waals surface area contributed by atoms with Crippen LogP contribution < -0.4 is 5.32 Å². The lowest BCUT2D eigenvalue weighted by Gasteiger charge is -2.13. The van der Waals surface area contributed by atoms with Crippen molar-refractivity contribution in [3.05, 3.63) is 94.6 Å². The molecule has 1 aliphatic rings. The highest BCUT2D eigenvalue weighted by molar-refractivity contribution is 6.22. The topological polar surface area (TPSA) is 79.4 Å². The predicted octanol–water partition coefficient (Wildman–Crippen LogP) is 3.58. The Kier molecular flexibility index (Phi) is 4.64. The Bertz CT molecular complexity index is 1150. The van der Waals surface area contributed by atoms with Gasteiger partial charge < -0.3 is 5.32 Å². The van der Waals surface area contributed by atoms with Gasteiger partial charge in [-0.05, 0) is 66.6 Å². The number of imide groups is 1. The molecule has 0 saturated carbocycles. The van der Waals surface area contributed by atoms with Crippen LogP contribution in [0.4, 0.5) is 10.1 Å². The number of halogens is 1. The van der Waals surface area contributed by atoms with Gasteiger partial charge in [-0.2, -0.15) is 0 Å². The minimum absolute atomic E-state index is 0.130. The van der Waals surface area contributed by atoms with Crippen LogP contribution in [-0.4, -0.2) is 27.6 Å². The molecule has 2 heterocycles. The fourth-order valence-corrected chi connectivity index (χ4v) is 3.21. The first-order chi connectivity index (χ1) is 13.9. The van der Waals surface area contributed by atoms with Crippen LogP contribution in [0.3, 0.4) is 0 Å². The average Bonchev–Trinajstić information content (AvgIpc) is 2.95. The molecule has 0 radical (unpaired) electrons. The molecule has 144 valence electrons. The van der Waals surface area contributed by atoms with Crippen LogP contribution in [0.2, 0.25) is 0 Å². The number of aromatic nitrogens is 1. The SMILES string of the molecule is Cc1cc(F)ccc1NC(=O)c1ccc2c(c1)C(=O)N(Cc1ccncc1)C2=O. The first-order valence-electron chi connectivity index (χ1n) is 8.90. The number of rotatable bonds is 4. The Morgan fingerprint density at radius 3 is 2.45 bits per heavy atom. The first-order valence-corrected chi connectivity index (χ1v) is 8.90. The molecule has 0 bridgehead atoms. The molecule has 4 rings (SSSR count). The Hall–Kier alpha value is -3.87. The van der Waals surface area contributed by atoms with Crippen molar-refractivity contribution in [2.75, 3.05) is 5.32 Å². The molecule has 2 aromatic carbocycles. The van der Waals surface area contributed by atoms with E-state index in [1.807, 2.05) is 0 Å². The summed E-state index contributed by atoms with van der Waals surface area (Å²) in [5.41, 5.74) is 2.51. The number of hydrogen-bond donors (Lipinski definition) is 1. The van der Waals surface area contributed by atoms with E-state index in [1.165, 1.54) is 36.4 Å². The number of nitrogens with one attached hydrogen (secondary N) is 1. The van der Waals surface area contributed by atoms with Gasteiger partial charge in [-0.15, -0.1) is 0 Å². The summed E-state index contributed by atoms with van der Waals surface area (Å²) >= 11 is 0. The van der Waals surface area contributed by atoms with E-state index in [0.717, 1.165) is 10.5 Å². The predicted molar refractivity (Wildman–Crippen MR) is 104 cm³/mol. The van der Waals surface area contributed by atoms with Crippen LogP contribution >= 0.6 is 0 Å². The van der Waals surface area contributed by atoms with Gasteiger partial charge in [0.1, 0.15) is 5.82 Å². The van der Waals surface area contributed by atoms with Gasteiger partial charge in [-0.3, -0.25) is 24.3 Å². The molecule has 3 amide bonds. The van der Waals surface area contributed by atoms with E-state index in [1.54, 1.807) is 31.5 Å². The Morgan fingerprint density at radius 1 is 1.00 bits per heavy atom. The molecule has 1 N–H and O–H groups in total. The van der Waals surface area contributed by atoms with Crippen molar-refractivity contribution in [1.29, 1.82) is 0 Å². The summed E-state index contributed by atoms with van der Waals surface area (Å²) in [7, 11) is 0. The monoisotopic (exact) mass is 389 g/mol. The second-order valence-corrected chi connectivity index (χ2v) is 6.73. The number of carbonyl (C=O) groups excluding carboxylic acids is 3. The van der Waals surface area contributed by atoms with E-state index < -0.39 is 23.5 Å². The third-order valence-electron chi connectivity index (χ3n) is 4.76. The van der Waals surface area contributed by atoms with Crippen molar-refractivity contribution < 1.29 is 18.8 Å². The largest absolute Gasteiger partial charge is 0.322 e. The Morgan fingerprint density at radius 2 is 1.72 bits per heavy atom. The van der Waals surface area contributed by atoms with E-state index in [2.05, 4.69) is 10.3 Å². The van der Waals surface area contributed by atoms with Crippen LogP contribution in [0.5, 0.6) is 0 Å². The maximum Gasteiger partial charge on any atom is 0.261 e. The molecule has 7 heteroatoms. The molecule has 1 aromatic heterocycles. The van der Waals surface area contributed by atoms with Gasteiger partial charge in [0.05, 0.1) is 17.7 Å². The van der Waals surface area contributed by atoms with Crippen LogP contribution in [0.15, 0.2) is 60.9 Å². The van der Waals surface area contributed by atoms with Crippen LogP contribution in [0.1, 0.15) is 42.2 Å². The molecular formula is C22H16FN3O3. The second-order valence-electron chi connectivity index (χ2n) is 6.73. The van der Waals surface area contributed by atoms with Crippen molar-refractivity contribution in [1.82, 2.24) is 9.88 Å². The third-order valence-corrected chi connectivity index (χ3v) is 4.76. The summed E-state index contributed by atoms with van der Waals surface area (Å²) in [5, 5.41) is 2.70. The maximum atomic E-state index is 13.2. The molecule has 0 atom stereocenters. The smallest absolute Gasteiger partial charge is 0.261 e. The molecule has 3 aromatic rings. The number of carbonyl (C=O) groups is 3. The third kappa shape index (κ3) is 3.50. The van der Waals surface area contributed by atoms with E-state index in [9.17, 15) is 18.8 Å². The van der Waals surface area contributed by atoms with Gasteiger partial charge in [-0.25, -0.2) is 4.39 Å². The lowest BCUT2D eigenvalue weighted by Crippen LogP contribution is -2.29. The van der Waals surface area contributed by atoms with Crippen LogP contribution in [0, 0.1) is 12.7 Å². The summed E-state index contributed by atoms with van der Waals surface area (Å²) in [5.74, 6) is -1.69. The van der Waals surface area contributed by atoms with E-state index in [-0.39, 0.29) is 23.2 Å². The minimum Gasteiger partial charge on any atom is -0.322 e. The van der Waals surface area contributed by atoms with Gasteiger partial charge in [-0.1, -0.05) is 0 Å². The highest BCUT2D eigenvalue weighted by Crippen LogP contribution is 2.26. The first kappa shape index (κ1) is 18.5. The molecule has 0 saturated heterocycles. The molecule has 1 aliphatic heterocycles. The van der Waals surface area contributed by atoms with E-state index in [0.29, 0.717) is 11.3 Å². The van der Waals surface area contributed by atoms with Gasteiger partial charge >= 0.3 is 0 Å². The number of benzene rings is 2. The van der Waals surface area contributed by atoms with E-state index in [4.69, 9.17) is 0 Å². The highest BCUT2D eigenvalue weighted by Gasteiger charge is 2.36. The Balaban J connectivity index is 1.57. The van der Waals surface area contributed by atoms with E-state index >= 15 is 0 Å². The highest BCUT2D eigenvalue weighted by atomic mass is 19.1. The summed E-state index contributed by atoms with van der Waals surface area (Å²) < 4.78 is 13.2. The molecule has 0 spiro atoms. The van der Waals surface area contributed by atoms with Gasteiger partial charge in [0, 0.05) is 23.6 Å². The zero-order valence-corrected chi connectivity index (χ0v) is 15.5. The second kappa shape index (κ2) is 7.27. The fourth-order valence-electron chi connectivity index (χ4n) is 3.21. The maximum absolute atomic E-state index is 13.2. The number of pyridine rings is 1. The Labute approximate surface area is 166 Å². The van der Waals surface area contributed by atoms with Gasteiger partial charge in [0.15, 0.2) is 0 Å². The van der Waals surface area contributed by atoms with Crippen LogP contribution in [0.25, 0.3) is 0 Å². The molecule has 0 fully saturated rings. The van der Waals surface area contributed by atoms with Gasteiger partial charge in [0.25, 0.3) is 17.7 Å². The summed E-state index contributed by atoms with van der Waals surface area (Å²) in [6.07, 6.45) is 3.18. The van der Waals surface area contributed by atoms with Crippen LogP contribution in [-0.2, 0) is 6.54 Å². The lowest BCUT2D eigenvalue weighted by molar-refractivity contribution is 0.0642. The number of aryl methyl sites for hydroxylation is 1. The van der Waals surface area contributed by atoms with Crippen molar-refractivity contribution in [2.24, 2.45) is 0 Å². The molecule has 0 aliphatic carbocycles. The lowest BCUT2D eigenvalue weighted by atomic mass is 10.0. The summed E-state index contributed by atoms with van der Waals surface area (Å²) in [6, 6.07) is 11.9. The molecule has 29 heavy (non-hydrogen) atoms. The summed E-state index contributed by atoms with van der Waals surface area (Å²) in [6.45, 7) is 1.81. The minimum atomic E-state index is -0.450. The van der Waals surface area contributed by atoms with Gasteiger partial charge in [0.2, 0.25) is 0 Å². The average molecular weight is 389 g/mol. The zero-order valence-electron chi connectivity index (χ0n) is 15.5. The van der Waals surface area contributed by atoms with Crippen molar-refractivity contribution in [2.45, 2.75) is 13.5 Å². The number of anilines is 1. The molecular weight excluding hydrogens is 373 g/mol.